The van der Waals surface area contributed by atoms with Crippen molar-refractivity contribution in [1.82, 2.24) is 4.90 Å². The van der Waals surface area contributed by atoms with Crippen molar-refractivity contribution in [2.75, 3.05) is 7.11 Å². The molecule has 0 saturated carbocycles. The molecule has 0 unspecified atom stereocenters. The van der Waals surface area contributed by atoms with Gasteiger partial charge in [-0.3, -0.25) is 4.90 Å². The number of ether oxygens (including phenoxy) is 2. The Labute approximate surface area is 105 Å². The van der Waals surface area contributed by atoms with Crippen LogP contribution in [0.4, 0.5) is 4.79 Å². The molecule has 1 amide bonds. The highest BCUT2D eigenvalue weighted by molar-refractivity contribution is 5.88. The SMILES string of the molecule is COC(=O)[C@H]1[C@H](C)N1C(=O)OCc1ccccc1. The highest BCUT2D eigenvalue weighted by Gasteiger charge is 2.54. The third kappa shape index (κ3) is 2.45. The van der Waals surface area contributed by atoms with Gasteiger partial charge in [-0.2, -0.15) is 0 Å². The number of esters is 1. The van der Waals surface area contributed by atoms with Crippen LogP contribution in [0.5, 0.6) is 0 Å². The van der Waals surface area contributed by atoms with Crippen LogP contribution >= 0.6 is 0 Å². The molecule has 96 valence electrons. The lowest BCUT2D eigenvalue weighted by molar-refractivity contribution is -0.140. The summed E-state index contributed by atoms with van der Waals surface area (Å²) in [5.74, 6) is -0.404. The smallest absolute Gasteiger partial charge is 0.411 e. The molecule has 1 fully saturated rings. The molecule has 18 heavy (non-hydrogen) atoms. The summed E-state index contributed by atoms with van der Waals surface area (Å²) in [5, 5.41) is 0. The molecular formula is C13H15NO4. The molecule has 0 bridgehead atoms. The van der Waals surface area contributed by atoms with E-state index in [1.165, 1.54) is 12.0 Å². The minimum Gasteiger partial charge on any atom is -0.467 e. The van der Waals surface area contributed by atoms with Crippen LogP contribution in [-0.2, 0) is 20.9 Å². The maximum Gasteiger partial charge on any atom is 0.411 e. The van der Waals surface area contributed by atoms with E-state index >= 15 is 0 Å². The van der Waals surface area contributed by atoms with E-state index in [0.29, 0.717) is 0 Å². The summed E-state index contributed by atoms with van der Waals surface area (Å²) in [4.78, 5) is 24.4. The Morgan fingerprint density at radius 2 is 1.94 bits per heavy atom. The Kier molecular flexibility index (Phi) is 3.50. The quantitative estimate of drug-likeness (QED) is 0.602. The van der Waals surface area contributed by atoms with Gasteiger partial charge in [0.25, 0.3) is 0 Å². The van der Waals surface area contributed by atoms with Crippen LogP contribution in [0.15, 0.2) is 30.3 Å². The number of amides is 1. The average molecular weight is 249 g/mol. The van der Waals surface area contributed by atoms with E-state index in [1.807, 2.05) is 30.3 Å². The molecule has 2 atom stereocenters. The van der Waals surface area contributed by atoms with Crippen molar-refractivity contribution in [1.29, 1.82) is 0 Å². The number of rotatable bonds is 3. The maximum absolute atomic E-state index is 11.7. The van der Waals surface area contributed by atoms with Gasteiger partial charge in [0.15, 0.2) is 6.04 Å². The zero-order valence-electron chi connectivity index (χ0n) is 10.3. The largest absolute Gasteiger partial charge is 0.467 e. The van der Waals surface area contributed by atoms with E-state index in [2.05, 4.69) is 4.74 Å². The lowest BCUT2D eigenvalue weighted by Gasteiger charge is -2.06. The van der Waals surface area contributed by atoms with Gasteiger partial charge < -0.3 is 9.47 Å². The van der Waals surface area contributed by atoms with Crippen molar-refractivity contribution in [3.63, 3.8) is 0 Å². The summed E-state index contributed by atoms with van der Waals surface area (Å²) in [6, 6.07) is 8.73. The van der Waals surface area contributed by atoms with Gasteiger partial charge in [0.05, 0.1) is 13.2 Å². The fraction of sp³-hybridized carbons (Fsp3) is 0.385. The van der Waals surface area contributed by atoms with Crippen molar-refractivity contribution in [3.8, 4) is 0 Å². The molecule has 1 aliphatic heterocycles. The van der Waals surface area contributed by atoms with E-state index in [-0.39, 0.29) is 12.6 Å². The fourth-order valence-corrected chi connectivity index (χ4v) is 1.85. The summed E-state index contributed by atoms with van der Waals surface area (Å²) < 4.78 is 9.73. The molecule has 0 spiro atoms. The normalized spacial score (nSPS) is 21.3. The molecule has 0 N–H and O–H groups in total. The van der Waals surface area contributed by atoms with Crippen LogP contribution in [0.25, 0.3) is 0 Å². The topological polar surface area (TPSA) is 55.6 Å². The van der Waals surface area contributed by atoms with Crippen molar-refractivity contribution < 1.29 is 19.1 Å². The fourth-order valence-electron chi connectivity index (χ4n) is 1.85. The summed E-state index contributed by atoms with van der Waals surface area (Å²) in [6.45, 7) is 1.99. The molecule has 5 heteroatoms. The van der Waals surface area contributed by atoms with Crippen molar-refractivity contribution in [3.05, 3.63) is 35.9 Å². The predicted molar refractivity (Wildman–Crippen MR) is 63.7 cm³/mol. The molecule has 1 aliphatic rings. The molecular weight excluding hydrogens is 234 g/mol. The minimum atomic E-state index is -0.502. The van der Waals surface area contributed by atoms with Gasteiger partial charge in [0.1, 0.15) is 6.61 Å². The molecule has 1 aromatic carbocycles. The Morgan fingerprint density at radius 1 is 1.28 bits per heavy atom. The van der Waals surface area contributed by atoms with Gasteiger partial charge in [0, 0.05) is 0 Å². The van der Waals surface area contributed by atoms with Gasteiger partial charge >= 0.3 is 12.1 Å². The van der Waals surface area contributed by atoms with Gasteiger partial charge in [-0.1, -0.05) is 30.3 Å². The van der Waals surface area contributed by atoms with E-state index in [9.17, 15) is 9.59 Å². The number of hydrogen-bond acceptors (Lipinski definition) is 4. The van der Waals surface area contributed by atoms with Gasteiger partial charge in [-0.05, 0) is 12.5 Å². The molecule has 1 aromatic rings. The van der Waals surface area contributed by atoms with Crippen molar-refractivity contribution >= 4 is 12.1 Å². The lowest BCUT2D eigenvalue weighted by Crippen LogP contribution is -2.20. The van der Waals surface area contributed by atoms with Crippen LogP contribution in [-0.4, -0.2) is 36.2 Å². The first kappa shape index (κ1) is 12.4. The predicted octanol–water partition coefficient (Wildman–Crippen LogP) is 1.57. The third-order valence-electron chi connectivity index (χ3n) is 2.96. The zero-order valence-corrected chi connectivity index (χ0v) is 10.3. The van der Waals surface area contributed by atoms with Crippen LogP contribution in [0.1, 0.15) is 12.5 Å². The first-order valence-corrected chi connectivity index (χ1v) is 5.72. The van der Waals surface area contributed by atoms with E-state index in [1.54, 1.807) is 6.92 Å². The van der Waals surface area contributed by atoms with E-state index < -0.39 is 18.1 Å². The molecule has 0 aliphatic carbocycles. The van der Waals surface area contributed by atoms with Gasteiger partial charge in [-0.25, -0.2) is 9.59 Å². The van der Waals surface area contributed by atoms with Crippen LogP contribution in [0, 0.1) is 0 Å². The summed E-state index contributed by atoms with van der Waals surface area (Å²) in [5.41, 5.74) is 0.912. The number of carbonyl (C=O) groups excluding carboxylic acids is 2. The molecule has 1 saturated heterocycles. The number of benzene rings is 1. The maximum atomic E-state index is 11.7. The number of hydrogen-bond donors (Lipinski definition) is 0. The lowest BCUT2D eigenvalue weighted by atomic mass is 10.2. The first-order valence-electron chi connectivity index (χ1n) is 5.72. The third-order valence-corrected chi connectivity index (χ3v) is 2.96. The van der Waals surface area contributed by atoms with Crippen LogP contribution in [0.2, 0.25) is 0 Å². The monoisotopic (exact) mass is 249 g/mol. The van der Waals surface area contributed by atoms with Crippen molar-refractivity contribution in [2.45, 2.75) is 25.6 Å². The average Bonchev–Trinajstić information content (AvgIpc) is 3.08. The molecule has 2 rings (SSSR count). The van der Waals surface area contributed by atoms with Crippen LogP contribution < -0.4 is 0 Å². The summed E-state index contributed by atoms with van der Waals surface area (Å²) in [6.07, 6.45) is -0.484. The van der Waals surface area contributed by atoms with Crippen LogP contribution in [0.3, 0.4) is 0 Å². The number of nitrogens with zero attached hydrogens (tertiary/aromatic N) is 1. The van der Waals surface area contributed by atoms with E-state index in [4.69, 9.17) is 4.74 Å². The molecule has 0 aromatic heterocycles. The van der Waals surface area contributed by atoms with E-state index in [0.717, 1.165) is 5.56 Å². The highest BCUT2D eigenvalue weighted by Crippen LogP contribution is 2.29. The Hall–Kier alpha value is -2.04. The molecule has 1 heterocycles. The number of methoxy groups -OCH3 is 1. The Bertz CT molecular complexity index is 446. The summed E-state index contributed by atoms with van der Waals surface area (Å²) in [7, 11) is 1.31. The van der Waals surface area contributed by atoms with Gasteiger partial charge in [0.2, 0.25) is 0 Å². The molecule has 0 radical (unpaired) electrons. The second kappa shape index (κ2) is 5.08. The highest BCUT2D eigenvalue weighted by atomic mass is 16.6. The standard InChI is InChI=1S/C13H15NO4/c1-9-11(12(15)17-2)14(9)13(16)18-8-10-6-4-3-5-7-10/h3-7,9,11H,8H2,1-2H3/t9-,11+,14?/m0/s1. The minimum absolute atomic E-state index is 0.152. The first-order chi connectivity index (χ1) is 8.65. The zero-order chi connectivity index (χ0) is 13.1. The number of carbonyl (C=O) groups is 2. The van der Waals surface area contributed by atoms with Gasteiger partial charge in [-0.15, -0.1) is 0 Å². The summed E-state index contributed by atoms with van der Waals surface area (Å²) >= 11 is 0. The second-order valence-corrected chi connectivity index (χ2v) is 4.16. The Balaban J connectivity index is 1.85. The molecule has 5 nitrogen and oxygen atoms in total. The second-order valence-electron chi connectivity index (χ2n) is 4.16. The van der Waals surface area contributed by atoms with Crippen molar-refractivity contribution in [2.24, 2.45) is 0 Å². The Morgan fingerprint density at radius 3 is 2.56 bits per heavy atom.